The van der Waals surface area contributed by atoms with Gasteiger partial charge in [-0.1, -0.05) is 30.3 Å². The van der Waals surface area contributed by atoms with Gasteiger partial charge in [-0.3, -0.25) is 0 Å². The smallest absolute Gasteiger partial charge is 0.147 e. The summed E-state index contributed by atoms with van der Waals surface area (Å²) in [6.07, 6.45) is 0. The van der Waals surface area contributed by atoms with E-state index in [9.17, 15) is 0 Å². The van der Waals surface area contributed by atoms with E-state index in [4.69, 9.17) is 10.3 Å². The number of thiophene rings is 1. The lowest BCUT2D eigenvalue weighted by molar-refractivity contribution is 0.619. The molecule has 0 amide bonds. The van der Waals surface area contributed by atoms with Crippen LogP contribution in [0.2, 0.25) is 0 Å². The molecule has 0 radical (unpaired) electrons. The quantitative estimate of drug-likeness (QED) is 0.527. The van der Waals surface area contributed by atoms with Crippen LogP contribution in [0, 0.1) is 0 Å². The molecule has 0 bridgehead atoms. The summed E-state index contributed by atoms with van der Waals surface area (Å²) >= 11 is 1.57. The lowest BCUT2D eigenvalue weighted by Crippen LogP contribution is -2.04. The summed E-state index contributed by atoms with van der Waals surface area (Å²) in [5.41, 5.74) is 1.84. The molecule has 0 spiro atoms. The van der Waals surface area contributed by atoms with Gasteiger partial charge in [0, 0.05) is 11.6 Å². The van der Waals surface area contributed by atoms with Crippen molar-refractivity contribution in [3.63, 3.8) is 0 Å². The van der Waals surface area contributed by atoms with Gasteiger partial charge < -0.3 is 10.3 Å². The molecular weight excluding hydrogens is 232 g/mol. The molecule has 3 aromatic rings. The molecule has 3 rings (SSSR count). The maximum absolute atomic E-state index is 5.83. The Morgan fingerprint density at radius 1 is 1.12 bits per heavy atom. The van der Waals surface area contributed by atoms with E-state index in [-0.39, 0.29) is 0 Å². The monoisotopic (exact) mass is 242 g/mol. The van der Waals surface area contributed by atoms with E-state index in [0.717, 1.165) is 27.0 Å². The standard InChI is InChI=1S/C13H10N2OS/c14-15-10-8-12(9-4-2-1-3-5-9)16-11-6-7-17-13(10)11/h1-8H,14H2/b15-10+. The number of benzene rings is 1. The fraction of sp³-hybridized carbons (Fsp3) is 0. The molecule has 84 valence electrons. The van der Waals surface area contributed by atoms with Crippen molar-refractivity contribution >= 4 is 21.6 Å². The second-order valence-electron chi connectivity index (χ2n) is 3.60. The highest BCUT2D eigenvalue weighted by molar-refractivity contribution is 7.17. The molecule has 0 atom stereocenters. The zero-order chi connectivity index (χ0) is 11.7. The van der Waals surface area contributed by atoms with Gasteiger partial charge in [-0.25, -0.2) is 0 Å². The van der Waals surface area contributed by atoms with Gasteiger partial charge in [-0.05, 0) is 11.4 Å². The second-order valence-corrected chi connectivity index (χ2v) is 4.52. The zero-order valence-electron chi connectivity index (χ0n) is 8.96. The lowest BCUT2D eigenvalue weighted by Gasteiger charge is -2.01. The molecule has 0 fully saturated rings. The Morgan fingerprint density at radius 3 is 2.71 bits per heavy atom. The molecule has 17 heavy (non-hydrogen) atoms. The van der Waals surface area contributed by atoms with Gasteiger partial charge in [0.1, 0.15) is 16.7 Å². The van der Waals surface area contributed by atoms with Crippen molar-refractivity contribution in [1.29, 1.82) is 0 Å². The summed E-state index contributed by atoms with van der Waals surface area (Å²) in [6.45, 7) is 0. The van der Waals surface area contributed by atoms with Crippen molar-refractivity contribution in [1.82, 2.24) is 0 Å². The van der Waals surface area contributed by atoms with Crippen LogP contribution in [0.5, 0.6) is 0 Å². The third-order valence-electron chi connectivity index (χ3n) is 2.55. The molecule has 2 N–H and O–H groups in total. The van der Waals surface area contributed by atoms with Crippen molar-refractivity contribution in [3.8, 4) is 11.3 Å². The van der Waals surface area contributed by atoms with Crippen LogP contribution in [0.15, 0.2) is 57.4 Å². The van der Waals surface area contributed by atoms with E-state index < -0.39 is 0 Å². The largest absolute Gasteiger partial charge is 0.455 e. The highest BCUT2D eigenvalue weighted by Crippen LogP contribution is 2.24. The Bertz CT molecular complexity index is 713. The summed E-state index contributed by atoms with van der Waals surface area (Å²) in [6, 6.07) is 13.7. The van der Waals surface area contributed by atoms with Gasteiger partial charge in [-0.2, -0.15) is 5.10 Å². The average Bonchev–Trinajstić information content (AvgIpc) is 2.86. The Balaban J connectivity index is 2.32. The first-order valence-corrected chi connectivity index (χ1v) is 6.07. The van der Waals surface area contributed by atoms with E-state index in [1.807, 2.05) is 47.8 Å². The van der Waals surface area contributed by atoms with Gasteiger partial charge in [0.05, 0.1) is 4.70 Å². The third kappa shape index (κ3) is 1.72. The number of fused-ring (bicyclic) bond motifs is 1. The molecule has 0 unspecified atom stereocenters. The van der Waals surface area contributed by atoms with Gasteiger partial charge in [0.2, 0.25) is 0 Å². The summed E-state index contributed by atoms with van der Waals surface area (Å²) in [5, 5.41) is 6.54. The van der Waals surface area contributed by atoms with Gasteiger partial charge in [-0.15, -0.1) is 11.3 Å². The first kappa shape index (κ1) is 10.1. The molecule has 2 aromatic heterocycles. The molecule has 0 saturated heterocycles. The topological polar surface area (TPSA) is 51.5 Å². The normalized spacial score (nSPS) is 12.1. The van der Waals surface area contributed by atoms with Crippen molar-refractivity contribution in [2.24, 2.45) is 10.9 Å². The molecule has 4 heteroatoms. The van der Waals surface area contributed by atoms with E-state index in [1.165, 1.54) is 0 Å². The van der Waals surface area contributed by atoms with Crippen LogP contribution in [-0.2, 0) is 0 Å². The summed E-state index contributed by atoms with van der Waals surface area (Å²) in [7, 11) is 0. The minimum absolute atomic E-state index is 0.764. The Labute approximate surface area is 102 Å². The minimum Gasteiger partial charge on any atom is -0.455 e. The summed E-state index contributed by atoms with van der Waals surface area (Å²) < 4.78 is 6.80. The molecule has 0 saturated carbocycles. The fourth-order valence-corrected chi connectivity index (χ4v) is 2.53. The van der Waals surface area contributed by atoms with Crippen LogP contribution < -0.4 is 11.2 Å². The van der Waals surface area contributed by atoms with Crippen LogP contribution in [0.1, 0.15) is 0 Å². The van der Waals surface area contributed by atoms with Crippen molar-refractivity contribution in [3.05, 3.63) is 53.2 Å². The highest BCUT2D eigenvalue weighted by Gasteiger charge is 2.05. The van der Waals surface area contributed by atoms with Crippen LogP contribution in [0.3, 0.4) is 0 Å². The molecule has 3 nitrogen and oxygen atoms in total. The van der Waals surface area contributed by atoms with Crippen LogP contribution in [0.4, 0.5) is 0 Å². The Hall–Kier alpha value is -2.07. The average molecular weight is 242 g/mol. The summed E-state index contributed by atoms with van der Waals surface area (Å²) in [5.74, 6) is 6.19. The third-order valence-corrected chi connectivity index (χ3v) is 3.47. The van der Waals surface area contributed by atoms with Crippen LogP contribution in [0.25, 0.3) is 21.6 Å². The fourth-order valence-electron chi connectivity index (χ4n) is 1.74. The molecule has 0 aliphatic heterocycles. The van der Waals surface area contributed by atoms with Crippen molar-refractivity contribution < 1.29 is 4.42 Å². The first-order valence-electron chi connectivity index (χ1n) is 5.19. The second kappa shape index (κ2) is 4.07. The SMILES string of the molecule is N/N=c1\cc(-c2ccccc2)oc2ccsc12. The molecule has 1 aromatic carbocycles. The minimum atomic E-state index is 0.764. The van der Waals surface area contributed by atoms with E-state index in [1.54, 1.807) is 11.3 Å². The lowest BCUT2D eigenvalue weighted by atomic mass is 10.1. The van der Waals surface area contributed by atoms with E-state index in [2.05, 4.69) is 5.10 Å². The Morgan fingerprint density at radius 2 is 1.94 bits per heavy atom. The van der Waals surface area contributed by atoms with Crippen molar-refractivity contribution in [2.75, 3.05) is 0 Å². The van der Waals surface area contributed by atoms with Gasteiger partial charge in [0.15, 0.2) is 0 Å². The number of hydrogen-bond donors (Lipinski definition) is 1. The predicted molar refractivity (Wildman–Crippen MR) is 69.3 cm³/mol. The predicted octanol–water partition coefficient (Wildman–Crippen LogP) is 2.94. The summed E-state index contributed by atoms with van der Waals surface area (Å²) in [4.78, 5) is 0. The Kier molecular flexibility index (Phi) is 2.42. The van der Waals surface area contributed by atoms with Crippen molar-refractivity contribution in [2.45, 2.75) is 0 Å². The molecule has 0 aliphatic rings. The number of hydrogen-bond acceptors (Lipinski definition) is 4. The first-order chi connectivity index (χ1) is 8.38. The number of rotatable bonds is 1. The van der Waals surface area contributed by atoms with E-state index >= 15 is 0 Å². The van der Waals surface area contributed by atoms with Crippen LogP contribution in [-0.4, -0.2) is 0 Å². The maximum atomic E-state index is 5.83. The molecular formula is C13H10N2OS. The van der Waals surface area contributed by atoms with Gasteiger partial charge >= 0.3 is 0 Å². The molecule has 0 aliphatic carbocycles. The maximum Gasteiger partial charge on any atom is 0.147 e. The van der Waals surface area contributed by atoms with Crippen LogP contribution >= 0.6 is 11.3 Å². The zero-order valence-corrected chi connectivity index (χ0v) is 9.78. The van der Waals surface area contributed by atoms with Gasteiger partial charge in [0.25, 0.3) is 0 Å². The van der Waals surface area contributed by atoms with E-state index in [0.29, 0.717) is 0 Å². The molecule has 2 heterocycles. The highest BCUT2D eigenvalue weighted by atomic mass is 32.1. The number of nitrogens with two attached hydrogens (primary N) is 1. The number of nitrogens with zero attached hydrogens (tertiary/aromatic N) is 1.